The van der Waals surface area contributed by atoms with Crippen LogP contribution in [0.5, 0.6) is 5.75 Å². The number of halogens is 2. The summed E-state index contributed by atoms with van der Waals surface area (Å²) in [5, 5.41) is 15.1. The van der Waals surface area contributed by atoms with Crippen LogP contribution in [0.4, 0.5) is 5.69 Å². The van der Waals surface area contributed by atoms with Crippen LogP contribution in [0.3, 0.4) is 0 Å². The molecule has 34 heavy (non-hydrogen) atoms. The second-order valence-corrected chi connectivity index (χ2v) is 10.0. The van der Waals surface area contributed by atoms with Crippen molar-refractivity contribution in [2.75, 3.05) is 18.5 Å². The van der Waals surface area contributed by atoms with E-state index in [0.717, 1.165) is 4.47 Å². The normalized spacial score (nSPS) is 12.6. The largest absolute Gasteiger partial charge is 0.480 e. The molecule has 1 atom stereocenters. The molecule has 0 bridgehead atoms. The highest BCUT2D eigenvalue weighted by atomic mass is 79.9. The lowest BCUT2D eigenvalue weighted by Crippen LogP contribution is -2.28. The molecule has 4 N–H and O–H groups in total. The number of rotatable bonds is 9. The molecule has 0 saturated carbocycles. The second kappa shape index (κ2) is 12.1. The van der Waals surface area contributed by atoms with Gasteiger partial charge >= 0.3 is 11.9 Å². The SMILES string of the molecule is CC(=O)OCC(Nc1ccc(C(N)=NO)cc1)c1cc(Br)cc(Br)c1OCC(=O)OC(C)(C)C. The summed E-state index contributed by atoms with van der Waals surface area (Å²) >= 11 is 6.95. The fourth-order valence-corrected chi connectivity index (χ4v) is 4.27. The number of anilines is 1. The van der Waals surface area contributed by atoms with Gasteiger partial charge in [-0.2, -0.15) is 0 Å². The van der Waals surface area contributed by atoms with Gasteiger partial charge in [0.25, 0.3) is 0 Å². The van der Waals surface area contributed by atoms with E-state index in [1.807, 2.05) is 0 Å². The van der Waals surface area contributed by atoms with Crippen LogP contribution in [0.1, 0.15) is 44.9 Å². The number of amidine groups is 1. The lowest BCUT2D eigenvalue weighted by Gasteiger charge is -2.24. The van der Waals surface area contributed by atoms with E-state index in [4.69, 9.17) is 25.2 Å². The molecule has 0 aliphatic carbocycles. The van der Waals surface area contributed by atoms with E-state index in [9.17, 15) is 9.59 Å². The Morgan fingerprint density at radius 3 is 2.38 bits per heavy atom. The van der Waals surface area contributed by atoms with E-state index in [1.54, 1.807) is 57.2 Å². The Kier molecular flexibility index (Phi) is 9.75. The van der Waals surface area contributed by atoms with Gasteiger partial charge < -0.3 is 30.5 Å². The quantitative estimate of drug-likeness (QED) is 0.124. The average molecular weight is 601 g/mol. The third kappa shape index (κ3) is 8.53. The van der Waals surface area contributed by atoms with Crippen molar-refractivity contribution in [1.82, 2.24) is 0 Å². The zero-order valence-electron chi connectivity index (χ0n) is 19.2. The maximum atomic E-state index is 12.2. The van der Waals surface area contributed by atoms with Crippen LogP contribution in [0, 0.1) is 0 Å². The molecular formula is C23H27Br2N3O6. The van der Waals surface area contributed by atoms with Crippen molar-refractivity contribution in [1.29, 1.82) is 0 Å². The predicted octanol–water partition coefficient (Wildman–Crippen LogP) is 4.74. The standard InChI is InChI=1S/C23H27Br2N3O6/c1-13(29)32-11-19(27-16-7-5-14(6-8-16)22(26)28-31)17-9-15(24)10-18(25)21(17)33-12-20(30)34-23(2,3)4/h5-10,19,27,31H,11-12H2,1-4H3,(H2,26,28). The maximum absolute atomic E-state index is 12.2. The molecule has 1 unspecified atom stereocenters. The summed E-state index contributed by atoms with van der Waals surface area (Å²) in [5.41, 5.74) is 6.83. The number of nitrogens with two attached hydrogens (primary N) is 1. The van der Waals surface area contributed by atoms with Crippen molar-refractivity contribution in [3.8, 4) is 5.75 Å². The summed E-state index contributed by atoms with van der Waals surface area (Å²) in [7, 11) is 0. The second-order valence-electron chi connectivity index (χ2n) is 8.24. The van der Waals surface area contributed by atoms with Crippen molar-refractivity contribution in [3.63, 3.8) is 0 Å². The van der Waals surface area contributed by atoms with E-state index in [1.165, 1.54) is 6.92 Å². The fraction of sp³-hybridized carbons (Fsp3) is 0.348. The Bertz CT molecular complexity index is 1050. The van der Waals surface area contributed by atoms with Crippen LogP contribution in [0.25, 0.3) is 0 Å². The highest BCUT2D eigenvalue weighted by Crippen LogP contribution is 2.38. The van der Waals surface area contributed by atoms with E-state index < -0.39 is 23.6 Å². The molecule has 0 heterocycles. The van der Waals surface area contributed by atoms with Crippen LogP contribution >= 0.6 is 31.9 Å². The van der Waals surface area contributed by atoms with Crippen LogP contribution < -0.4 is 15.8 Å². The molecule has 2 aromatic rings. The van der Waals surface area contributed by atoms with Crippen molar-refractivity contribution in [2.24, 2.45) is 10.9 Å². The molecule has 0 amide bonds. The van der Waals surface area contributed by atoms with Gasteiger partial charge in [0.05, 0.1) is 10.5 Å². The van der Waals surface area contributed by atoms with Gasteiger partial charge in [-0.3, -0.25) is 4.79 Å². The third-order valence-electron chi connectivity index (χ3n) is 4.25. The molecule has 11 heteroatoms. The Morgan fingerprint density at radius 2 is 1.82 bits per heavy atom. The Morgan fingerprint density at radius 1 is 1.18 bits per heavy atom. The molecule has 2 aromatic carbocycles. The molecule has 0 fully saturated rings. The smallest absolute Gasteiger partial charge is 0.344 e. The zero-order chi connectivity index (χ0) is 25.5. The first-order chi connectivity index (χ1) is 15.9. The van der Waals surface area contributed by atoms with E-state index in [-0.39, 0.29) is 19.0 Å². The number of hydrogen-bond acceptors (Lipinski definition) is 8. The Labute approximate surface area is 214 Å². The summed E-state index contributed by atoms with van der Waals surface area (Å²) < 4.78 is 17.8. The predicted molar refractivity (Wildman–Crippen MR) is 135 cm³/mol. The summed E-state index contributed by atoms with van der Waals surface area (Å²) in [5.74, 6) is -0.584. The van der Waals surface area contributed by atoms with Crippen LogP contribution in [0.15, 0.2) is 50.5 Å². The lowest BCUT2D eigenvalue weighted by molar-refractivity contribution is -0.157. The third-order valence-corrected chi connectivity index (χ3v) is 5.30. The molecule has 0 radical (unpaired) electrons. The molecule has 184 valence electrons. The van der Waals surface area contributed by atoms with Crippen molar-refractivity contribution < 1.29 is 29.0 Å². The van der Waals surface area contributed by atoms with E-state index in [2.05, 4.69) is 42.3 Å². The minimum atomic E-state index is -0.643. The molecule has 0 aliphatic rings. The lowest BCUT2D eigenvalue weighted by atomic mass is 10.1. The number of oxime groups is 1. The van der Waals surface area contributed by atoms with Gasteiger partial charge in [0, 0.05) is 28.2 Å². The maximum Gasteiger partial charge on any atom is 0.344 e. The molecule has 9 nitrogen and oxygen atoms in total. The van der Waals surface area contributed by atoms with Gasteiger partial charge in [-0.15, -0.1) is 0 Å². The van der Waals surface area contributed by atoms with Gasteiger partial charge in [0.1, 0.15) is 18.0 Å². The van der Waals surface area contributed by atoms with E-state index >= 15 is 0 Å². The van der Waals surface area contributed by atoms with E-state index in [0.29, 0.717) is 27.0 Å². The van der Waals surface area contributed by atoms with Gasteiger partial charge in [0.15, 0.2) is 12.4 Å². The monoisotopic (exact) mass is 599 g/mol. The number of benzene rings is 2. The molecule has 0 spiro atoms. The fourth-order valence-electron chi connectivity index (χ4n) is 2.90. The molecule has 0 aromatic heterocycles. The van der Waals surface area contributed by atoms with Crippen LogP contribution in [-0.4, -0.2) is 41.8 Å². The van der Waals surface area contributed by atoms with Crippen LogP contribution in [-0.2, 0) is 19.1 Å². The highest BCUT2D eigenvalue weighted by Gasteiger charge is 2.23. The van der Waals surface area contributed by atoms with Gasteiger partial charge in [-0.05, 0) is 73.1 Å². The number of ether oxygens (including phenoxy) is 3. The highest BCUT2D eigenvalue weighted by molar-refractivity contribution is 9.11. The summed E-state index contributed by atoms with van der Waals surface area (Å²) in [6, 6.07) is 9.88. The van der Waals surface area contributed by atoms with Gasteiger partial charge in [0.2, 0.25) is 0 Å². The number of carbonyl (C=O) groups excluding carboxylic acids is 2. The Balaban J connectivity index is 2.37. The van der Waals surface area contributed by atoms with Crippen molar-refractivity contribution in [2.45, 2.75) is 39.3 Å². The first kappa shape index (κ1) is 27.5. The molecule has 0 aliphatic heterocycles. The average Bonchev–Trinajstić information content (AvgIpc) is 2.74. The number of nitrogens with one attached hydrogen (secondary N) is 1. The van der Waals surface area contributed by atoms with Crippen molar-refractivity contribution in [3.05, 3.63) is 56.5 Å². The number of carbonyl (C=O) groups is 2. The first-order valence-electron chi connectivity index (χ1n) is 10.2. The number of nitrogens with zero attached hydrogens (tertiary/aromatic N) is 1. The van der Waals surface area contributed by atoms with Crippen LogP contribution in [0.2, 0.25) is 0 Å². The van der Waals surface area contributed by atoms with Gasteiger partial charge in [-0.1, -0.05) is 21.1 Å². The number of esters is 2. The summed E-state index contributed by atoms with van der Waals surface area (Å²) in [4.78, 5) is 23.8. The molecule has 2 rings (SSSR count). The first-order valence-corrected chi connectivity index (χ1v) is 11.8. The minimum Gasteiger partial charge on any atom is -0.480 e. The molecule has 0 saturated heterocycles. The molecular weight excluding hydrogens is 574 g/mol. The minimum absolute atomic E-state index is 0.0109. The Hall–Kier alpha value is -2.79. The topological polar surface area (TPSA) is 132 Å². The zero-order valence-corrected chi connectivity index (χ0v) is 22.4. The summed E-state index contributed by atoms with van der Waals surface area (Å²) in [6.07, 6.45) is 0. The van der Waals surface area contributed by atoms with Crippen molar-refractivity contribution >= 4 is 55.3 Å². The number of hydrogen-bond donors (Lipinski definition) is 3. The summed E-state index contributed by atoms with van der Waals surface area (Å²) in [6.45, 7) is 6.32. The van der Waals surface area contributed by atoms with Gasteiger partial charge in [-0.25, -0.2) is 4.79 Å².